The van der Waals surface area contributed by atoms with Gasteiger partial charge in [-0.1, -0.05) is 19.1 Å². The van der Waals surface area contributed by atoms with Crippen LogP contribution in [0.5, 0.6) is 0 Å². The van der Waals surface area contributed by atoms with Crippen LogP contribution in [0.3, 0.4) is 0 Å². The fourth-order valence-corrected chi connectivity index (χ4v) is 1.82. The van der Waals surface area contributed by atoms with Gasteiger partial charge in [0.25, 0.3) is 5.91 Å². The third-order valence-corrected chi connectivity index (χ3v) is 2.61. The molecule has 1 rings (SSSR count). The van der Waals surface area contributed by atoms with E-state index in [1.165, 1.54) is 15.8 Å². The van der Waals surface area contributed by atoms with E-state index in [4.69, 9.17) is 10.5 Å². The Morgan fingerprint density at radius 2 is 2.19 bits per heavy atom. The number of hydrogen-bond acceptors (Lipinski definition) is 6. The van der Waals surface area contributed by atoms with Crippen molar-refractivity contribution in [1.29, 1.82) is 0 Å². The second-order valence-corrected chi connectivity index (χ2v) is 5.04. The molecule has 0 atom stereocenters. The predicted octanol–water partition coefficient (Wildman–Crippen LogP) is -0.102. The Morgan fingerprint density at radius 1 is 1.48 bits per heavy atom. The summed E-state index contributed by atoms with van der Waals surface area (Å²) in [6.07, 6.45) is 1.54. The van der Waals surface area contributed by atoms with Gasteiger partial charge in [-0.2, -0.15) is 0 Å². The summed E-state index contributed by atoms with van der Waals surface area (Å²) in [6.45, 7) is 7.21. The average Bonchev–Trinajstić information content (AvgIpc) is 2.86. The van der Waals surface area contributed by atoms with Gasteiger partial charge in [-0.05, 0) is 12.8 Å². The van der Waals surface area contributed by atoms with Gasteiger partial charge in [-0.25, -0.2) is 0 Å². The lowest BCUT2D eigenvalue weighted by Gasteiger charge is -2.22. The fourth-order valence-electron chi connectivity index (χ4n) is 1.82. The number of carbonyl (C=O) groups excluding carboxylic acids is 2. The molecule has 1 amide bonds. The molecule has 0 aliphatic rings. The van der Waals surface area contributed by atoms with Crippen molar-refractivity contribution in [3.05, 3.63) is 11.9 Å². The molecule has 0 bridgehead atoms. The van der Waals surface area contributed by atoms with E-state index in [9.17, 15) is 9.59 Å². The second kappa shape index (κ2) is 8.35. The number of hydrogen-bond donors (Lipinski definition) is 1. The molecule has 1 aromatic rings. The van der Waals surface area contributed by atoms with Crippen molar-refractivity contribution in [2.24, 2.45) is 11.7 Å². The van der Waals surface area contributed by atoms with Crippen LogP contribution in [0.2, 0.25) is 0 Å². The lowest BCUT2D eigenvalue weighted by molar-refractivity contribution is -0.143. The minimum Gasteiger partial charge on any atom is -0.465 e. The Balaban J connectivity index is 2.80. The third-order valence-electron chi connectivity index (χ3n) is 2.61. The zero-order valence-electron chi connectivity index (χ0n) is 12.8. The standard InChI is InChI=1S/C13H23N5O3/c1-4-21-12(19)9-17(7-10(2)3)13(20)11-8-18(6-5-14)16-15-11/h8,10H,4-7,9,14H2,1-3H3. The Morgan fingerprint density at radius 3 is 2.76 bits per heavy atom. The van der Waals surface area contributed by atoms with Gasteiger partial charge in [0.15, 0.2) is 5.69 Å². The summed E-state index contributed by atoms with van der Waals surface area (Å²) < 4.78 is 6.40. The van der Waals surface area contributed by atoms with Crippen molar-refractivity contribution in [3.8, 4) is 0 Å². The Kier molecular flexibility index (Phi) is 6.80. The van der Waals surface area contributed by atoms with Crippen LogP contribution in [-0.4, -0.2) is 58.0 Å². The first kappa shape index (κ1) is 17.1. The molecule has 8 heteroatoms. The van der Waals surface area contributed by atoms with E-state index in [1.54, 1.807) is 6.92 Å². The average molecular weight is 297 g/mol. The van der Waals surface area contributed by atoms with Gasteiger partial charge in [0.2, 0.25) is 0 Å². The van der Waals surface area contributed by atoms with Crippen LogP contribution in [-0.2, 0) is 16.1 Å². The van der Waals surface area contributed by atoms with Crippen molar-refractivity contribution < 1.29 is 14.3 Å². The number of nitrogens with two attached hydrogens (primary N) is 1. The molecule has 118 valence electrons. The smallest absolute Gasteiger partial charge is 0.325 e. The fraction of sp³-hybridized carbons (Fsp3) is 0.692. The summed E-state index contributed by atoms with van der Waals surface area (Å²) in [4.78, 5) is 25.4. The van der Waals surface area contributed by atoms with Crippen LogP contribution < -0.4 is 5.73 Å². The Hall–Kier alpha value is -1.96. The maximum atomic E-state index is 12.4. The van der Waals surface area contributed by atoms with E-state index in [-0.39, 0.29) is 30.7 Å². The van der Waals surface area contributed by atoms with Crippen molar-refractivity contribution in [1.82, 2.24) is 19.9 Å². The van der Waals surface area contributed by atoms with Crippen LogP contribution in [0.25, 0.3) is 0 Å². The van der Waals surface area contributed by atoms with Gasteiger partial charge in [-0.3, -0.25) is 14.3 Å². The molecule has 0 unspecified atom stereocenters. The molecule has 1 heterocycles. The highest BCUT2D eigenvalue weighted by Crippen LogP contribution is 2.06. The quantitative estimate of drug-likeness (QED) is 0.672. The summed E-state index contributed by atoms with van der Waals surface area (Å²) >= 11 is 0. The number of carbonyl (C=O) groups is 2. The molecule has 8 nitrogen and oxygen atoms in total. The van der Waals surface area contributed by atoms with E-state index < -0.39 is 5.97 Å². The molecule has 2 N–H and O–H groups in total. The number of ether oxygens (including phenoxy) is 1. The van der Waals surface area contributed by atoms with Crippen LogP contribution >= 0.6 is 0 Å². The SMILES string of the molecule is CCOC(=O)CN(CC(C)C)C(=O)c1cn(CCN)nn1. The molecule has 0 aliphatic carbocycles. The molecule has 0 aliphatic heterocycles. The van der Waals surface area contributed by atoms with Crippen LogP contribution in [0.1, 0.15) is 31.3 Å². The van der Waals surface area contributed by atoms with Gasteiger partial charge in [0, 0.05) is 13.1 Å². The van der Waals surface area contributed by atoms with Gasteiger partial charge < -0.3 is 15.4 Å². The van der Waals surface area contributed by atoms with Crippen molar-refractivity contribution in [2.45, 2.75) is 27.3 Å². The molecule has 0 saturated carbocycles. The van der Waals surface area contributed by atoms with Gasteiger partial charge in [0.05, 0.1) is 19.3 Å². The minimum atomic E-state index is -0.430. The molecule has 21 heavy (non-hydrogen) atoms. The van der Waals surface area contributed by atoms with E-state index in [0.29, 0.717) is 19.6 Å². The van der Waals surface area contributed by atoms with Crippen LogP contribution in [0, 0.1) is 5.92 Å². The molecular formula is C13H23N5O3. The monoisotopic (exact) mass is 297 g/mol. The van der Waals surface area contributed by atoms with Gasteiger partial charge in [0.1, 0.15) is 6.54 Å². The van der Waals surface area contributed by atoms with Crippen molar-refractivity contribution in [3.63, 3.8) is 0 Å². The molecule has 0 saturated heterocycles. The maximum absolute atomic E-state index is 12.4. The molecular weight excluding hydrogens is 274 g/mol. The van der Waals surface area contributed by atoms with E-state index in [0.717, 1.165) is 0 Å². The highest BCUT2D eigenvalue weighted by atomic mass is 16.5. The predicted molar refractivity (Wildman–Crippen MR) is 76.5 cm³/mol. The maximum Gasteiger partial charge on any atom is 0.325 e. The zero-order valence-corrected chi connectivity index (χ0v) is 12.8. The van der Waals surface area contributed by atoms with E-state index >= 15 is 0 Å². The zero-order chi connectivity index (χ0) is 15.8. The number of nitrogens with zero attached hydrogens (tertiary/aromatic N) is 4. The van der Waals surface area contributed by atoms with Gasteiger partial charge in [-0.15, -0.1) is 5.10 Å². The minimum absolute atomic E-state index is 0.0887. The first-order valence-electron chi connectivity index (χ1n) is 7.03. The molecule has 0 spiro atoms. The van der Waals surface area contributed by atoms with Crippen LogP contribution in [0.15, 0.2) is 6.20 Å². The van der Waals surface area contributed by atoms with E-state index in [2.05, 4.69) is 10.3 Å². The summed E-state index contributed by atoms with van der Waals surface area (Å²) in [5.41, 5.74) is 5.63. The first-order chi connectivity index (χ1) is 9.97. The van der Waals surface area contributed by atoms with Crippen molar-refractivity contribution >= 4 is 11.9 Å². The number of amides is 1. The van der Waals surface area contributed by atoms with Crippen molar-refractivity contribution in [2.75, 3.05) is 26.2 Å². The first-order valence-corrected chi connectivity index (χ1v) is 7.03. The molecule has 0 fully saturated rings. The summed E-state index contributed by atoms with van der Waals surface area (Å²) in [5.74, 6) is -0.539. The number of aromatic nitrogens is 3. The second-order valence-electron chi connectivity index (χ2n) is 5.04. The molecule has 0 radical (unpaired) electrons. The summed E-state index contributed by atoms with van der Waals surface area (Å²) in [6, 6.07) is 0. The lowest BCUT2D eigenvalue weighted by Crippen LogP contribution is -2.39. The normalized spacial score (nSPS) is 10.7. The number of esters is 1. The largest absolute Gasteiger partial charge is 0.465 e. The lowest BCUT2D eigenvalue weighted by atomic mass is 10.2. The Bertz CT molecular complexity index is 472. The highest BCUT2D eigenvalue weighted by molar-refractivity contribution is 5.94. The Labute approximate surface area is 124 Å². The highest BCUT2D eigenvalue weighted by Gasteiger charge is 2.22. The summed E-state index contributed by atoms with van der Waals surface area (Å²) in [5, 5.41) is 7.66. The molecule has 0 aromatic carbocycles. The van der Waals surface area contributed by atoms with Crippen LogP contribution in [0.4, 0.5) is 0 Å². The molecule has 1 aromatic heterocycles. The van der Waals surface area contributed by atoms with E-state index in [1.807, 2.05) is 13.8 Å². The van der Waals surface area contributed by atoms with Gasteiger partial charge >= 0.3 is 5.97 Å². The third kappa shape index (κ3) is 5.50. The number of rotatable bonds is 8. The summed E-state index contributed by atoms with van der Waals surface area (Å²) in [7, 11) is 0. The topological polar surface area (TPSA) is 103 Å².